The van der Waals surface area contributed by atoms with Crippen molar-refractivity contribution in [3.8, 4) is 11.5 Å². The van der Waals surface area contributed by atoms with Crippen molar-refractivity contribution in [1.82, 2.24) is 0 Å². The second-order valence-electron chi connectivity index (χ2n) is 5.06. The zero-order valence-corrected chi connectivity index (χ0v) is 13.6. The van der Waals surface area contributed by atoms with Crippen LogP contribution in [-0.2, 0) is 4.79 Å². The van der Waals surface area contributed by atoms with E-state index in [1.54, 1.807) is 18.2 Å². The lowest BCUT2D eigenvalue weighted by Crippen LogP contribution is -2.20. The van der Waals surface area contributed by atoms with Crippen LogP contribution in [-0.4, -0.2) is 30.3 Å². The SMILES string of the molecule is COc1ccc(OCC(=O)Nc2cccc(C(C)=O)c2)c([N+](=O)[O-])c1. The number of ketones is 1. The fourth-order valence-electron chi connectivity index (χ4n) is 2.05. The van der Waals surface area contributed by atoms with Crippen molar-refractivity contribution in [2.75, 3.05) is 19.0 Å². The first-order valence-electron chi connectivity index (χ1n) is 7.27. The summed E-state index contributed by atoms with van der Waals surface area (Å²) >= 11 is 0. The molecule has 0 unspecified atom stereocenters. The van der Waals surface area contributed by atoms with E-state index in [1.165, 1.54) is 38.3 Å². The van der Waals surface area contributed by atoms with E-state index in [9.17, 15) is 19.7 Å². The molecule has 8 nitrogen and oxygen atoms in total. The number of methoxy groups -OCH3 is 1. The summed E-state index contributed by atoms with van der Waals surface area (Å²) in [4.78, 5) is 33.7. The summed E-state index contributed by atoms with van der Waals surface area (Å²) in [6, 6.07) is 10.5. The smallest absolute Gasteiger partial charge is 0.314 e. The van der Waals surface area contributed by atoms with Gasteiger partial charge in [0.1, 0.15) is 5.75 Å². The molecule has 1 N–H and O–H groups in total. The van der Waals surface area contributed by atoms with E-state index in [1.807, 2.05) is 0 Å². The summed E-state index contributed by atoms with van der Waals surface area (Å²) in [6.45, 7) is 1.00. The molecule has 0 bridgehead atoms. The lowest BCUT2D eigenvalue weighted by molar-refractivity contribution is -0.385. The maximum Gasteiger partial charge on any atom is 0.314 e. The number of benzene rings is 2. The highest BCUT2D eigenvalue weighted by molar-refractivity contribution is 5.97. The highest BCUT2D eigenvalue weighted by Gasteiger charge is 2.17. The minimum Gasteiger partial charge on any atom is -0.496 e. The van der Waals surface area contributed by atoms with E-state index in [-0.39, 0.29) is 17.2 Å². The number of hydrogen-bond donors (Lipinski definition) is 1. The van der Waals surface area contributed by atoms with Crippen LogP contribution in [0.25, 0.3) is 0 Å². The van der Waals surface area contributed by atoms with Gasteiger partial charge in [-0.2, -0.15) is 0 Å². The Kier molecular flexibility index (Phi) is 5.67. The standard InChI is InChI=1S/C17H16N2O6/c1-11(20)12-4-3-5-13(8-12)18-17(21)10-25-16-7-6-14(24-2)9-15(16)19(22)23/h3-9H,10H2,1-2H3,(H,18,21). The molecule has 0 aliphatic rings. The Balaban J connectivity index is 2.04. The second kappa shape index (κ2) is 7.91. The van der Waals surface area contributed by atoms with E-state index < -0.39 is 17.4 Å². The predicted octanol–water partition coefficient (Wildman–Crippen LogP) is 2.82. The molecule has 0 heterocycles. The van der Waals surface area contributed by atoms with Crippen LogP contribution < -0.4 is 14.8 Å². The molecule has 0 saturated carbocycles. The highest BCUT2D eigenvalue weighted by atomic mass is 16.6. The van der Waals surface area contributed by atoms with E-state index in [4.69, 9.17) is 9.47 Å². The number of nitro groups is 1. The molecule has 25 heavy (non-hydrogen) atoms. The van der Waals surface area contributed by atoms with Crippen molar-refractivity contribution in [1.29, 1.82) is 0 Å². The van der Waals surface area contributed by atoms with Crippen molar-refractivity contribution in [2.45, 2.75) is 6.92 Å². The Hall–Kier alpha value is -3.42. The molecule has 2 aromatic rings. The number of nitrogens with zero attached hydrogens (tertiary/aromatic N) is 1. The molecule has 0 fully saturated rings. The van der Waals surface area contributed by atoms with Crippen LogP contribution in [0.15, 0.2) is 42.5 Å². The number of nitrogens with one attached hydrogen (secondary N) is 1. The molecule has 1 amide bonds. The molecule has 0 aliphatic heterocycles. The highest BCUT2D eigenvalue weighted by Crippen LogP contribution is 2.30. The van der Waals surface area contributed by atoms with Crippen LogP contribution in [0.3, 0.4) is 0 Å². The van der Waals surface area contributed by atoms with E-state index in [0.29, 0.717) is 17.0 Å². The summed E-state index contributed by atoms with van der Waals surface area (Å²) in [5, 5.41) is 13.6. The van der Waals surface area contributed by atoms with Crippen LogP contribution in [0.4, 0.5) is 11.4 Å². The lowest BCUT2D eigenvalue weighted by atomic mass is 10.1. The van der Waals surface area contributed by atoms with Gasteiger partial charge < -0.3 is 14.8 Å². The minimum absolute atomic E-state index is 0.0431. The maximum atomic E-state index is 12.0. The van der Waals surface area contributed by atoms with Crippen molar-refractivity contribution >= 4 is 23.1 Å². The molecule has 0 aliphatic carbocycles. The second-order valence-corrected chi connectivity index (χ2v) is 5.06. The van der Waals surface area contributed by atoms with Gasteiger partial charge in [0.2, 0.25) is 0 Å². The molecule has 2 rings (SSSR count). The van der Waals surface area contributed by atoms with Gasteiger partial charge in [0.15, 0.2) is 18.1 Å². The first-order valence-corrected chi connectivity index (χ1v) is 7.27. The molecule has 0 saturated heterocycles. The maximum absolute atomic E-state index is 12.0. The summed E-state index contributed by atoms with van der Waals surface area (Å²) in [7, 11) is 1.39. The molecule has 0 spiro atoms. The fraction of sp³-hybridized carbons (Fsp3) is 0.176. The topological polar surface area (TPSA) is 108 Å². The van der Waals surface area contributed by atoms with Gasteiger partial charge in [0, 0.05) is 11.3 Å². The number of anilines is 1. The number of Topliss-reactive ketones (excluding diaryl/α,β-unsaturated/α-hetero) is 1. The van der Waals surface area contributed by atoms with Crippen LogP contribution in [0.1, 0.15) is 17.3 Å². The molecule has 0 aromatic heterocycles. The molecule has 130 valence electrons. The van der Waals surface area contributed by atoms with Crippen molar-refractivity contribution in [3.05, 3.63) is 58.1 Å². The van der Waals surface area contributed by atoms with Gasteiger partial charge in [-0.15, -0.1) is 0 Å². The van der Waals surface area contributed by atoms with E-state index in [0.717, 1.165) is 0 Å². The number of nitro benzene ring substituents is 1. The number of carbonyl (C=O) groups excluding carboxylic acids is 2. The normalized spacial score (nSPS) is 10.0. The summed E-state index contributed by atoms with van der Waals surface area (Å²) in [6.07, 6.45) is 0. The average Bonchev–Trinajstić information content (AvgIpc) is 2.59. The molecular weight excluding hydrogens is 328 g/mol. The first kappa shape index (κ1) is 17.9. The molecule has 0 atom stereocenters. The quantitative estimate of drug-likeness (QED) is 0.470. The zero-order valence-electron chi connectivity index (χ0n) is 13.6. The number of carbonyl (C=O) groups is 2. The van der Waals surface area contributed by atoms with Crippen LogP contribution >= 0.6 is 0 Å². The minimum atomic E-state index is -0.619. The molecule has 8 heteroatoms. The fourth-order valence-corrected chi connectivity index (χ4v) is 2.05. The van der Waals surface area contributed by atoms with Gasteiger partial charge in [-0.1, -0.05) is 12.1 Å². The van der Waals surface area contributed by atoms with Gasteiger partial charge in [0.05, 0.1) is 18.1 Å². The number of ether oxygens (including phenoxy) is 2. The Bertz CT molecular complexity index is 819. The summed E-state index contributed by atoms with van der Waals surface area (Å²) in [5.41, 5.74) is 0.598. The Labute approximate surface area is 143 Å². The number of amides is 1. The summed E-state index contributed by atoms with van der Waals surface area (Å²) in [5.74, 6) is -0.366. The molecule has 2 aromatic carbocycles. The van der Waals surface area contributed by atoms with E-state index in [2.05, 4.69) is 5.32 Å². The van der Waals surface area contributed by atoms with Crippen LogP contribution in [0.2, 0.25) is 0 Å². The van der Waals surface area contributed by atoms with Crippen molar-refractivity contribution in [2.24, 2.45) is 0 Å². The third-order valence-corrected chi connectivity index (χ3v) is 3.27. The third-order valence-electron chi connectivity index (χ3n) is 3.27. The monoisotopic (exact) mass is 344 g/mol. The van der Waals surface area contributed by atoms with Gasteiger partial charge >= 0.3 is 5.69 Å². The number of hydrogen-bond acceptors (Lipinski definition) is 6. The van der Waals surface area contributed by atoms with Crippen LogP contribution in [0.5, 0.6) is 11.5 Å². The number of rotatable bonds is 7. The van der Waals surface area contributed by atoms with Crippen molar-refractivity contribution in [3.63, 3.8) is 0 Å². The zero-order chi connectivity index (χ0) is 18.4. The molecular formula is C17H16N2O6. The average molecular weight is 344 g/mol. The third kappa shape index (κ3) is 4.77. The predicted molar refractivity (Wildman–Crippen MR) is 90.2 cm³/mol. The first-order chi connectivity index (χ1) is 11.9. The van der Waals surface area contributed by atoms with E-state index >= 15 is 0 Å². The van der Waals surface area contributed by atoms with Gasteiger partial charge in [0.25, 0.3) is 5.91 Å². The molecule has 0 radical (unpaired) electrons. The van der Waals surface area contributed by atoms with Gasteiger partial charge in [-0.3, -0.25) is 19.7 Å². The van der Waals surface area contributed by atoms with Gasteiger partial charge in [-0.25, -0.2) is 0 Å². The van der Waals surface area contributed by atoms with Gasteiger partial charge in [-0.05, 0) is 31.2 Å². The Morgan fingerprint density at radius 2 is 1.96 bits per heavy atom. The Morgan fingerprint density at radius 3 is 2.60 bits per heavy atom. The largest absolute Gasteiger partial charge is 0.496 e. The van der Waals surface area contributed by atoms with Crippen LogP contribution in [0, 0.1) is 10.1 Å². The lowest BCUT2D eigenvalue weighted by Gasteiger charge is -2.09. The van der Waals surface area contributed by atoms with Crippen molar-refractivity contribution < 1.29 is 24.0 Å². The summed E-state index contributed by atoms with van der Waals surface area (Å²) < 4.78 is 10.2. The Morgan fingerprint density at radius 1 is 1.20 bits per heavy atom.